The van der Waals surface area contributed by atoms with Crippen molar-refractivity contribution in [1.29, 1.82) is 0 Å². The fourth-order valence-corrected chi connectivity index (χ4v) is 3.98. The number of nitrogens with one attached hydrogen (secondary N) is 1. The first-order chi connectivity index (χ1) is 15.9. The molecule has 0 saturated carbocycles. The summed E-state index contributed by atoms with van der Waals surface area (Å²) in [6, 6.07) is 22.2. The number of pyridine rings is 1. The van der Waals surface area contributed by atoms with E-state index in [0.717, 1.165) is 10.9 Å². The number of nitrogens with zero attached hydrogens (tertiary/aromatic N) is 1. The maximum absolute atomic E-state index is 13.4. The van der Waals surface area contributed by atoms with E-state index in [2.05, 4.69) is 24.0 Å². The highest BCUT2D eigenvalue weighted by Crippen LogP contribution is 2.20. The molecule has 6 heteroatoms. The van der Waals surface area contributed by atoms with Crippen LogP contribution in [0.3, 0.4) is 0 Å². The Hall–Kier alpha value is -3.57. The molecule has 0 spiro atoms. The van der Waals surface area contributed by atoms with Gasteiger partial charge in [0.2, 0.25) is 0 Å². The number of rotatable bonds is 7. The van der Waals surface area contributed by atoms with Crippen molar-refractivity contribution >= 4 is 28.4 Å². The molecular weight excluding hydrogens is 436 g/mol. The molecular formula is C27H25ClN2O3. The molecule has 4 rings (SSSR count). The maximum atomic E-state index is 13.4. The maximum Gasteiger partial charge on any atom is 0.254 e. The fraction of sp³-hybridized carbons (Fsp3) is 0.185. The van der Waals surface area contributed by atoms with Gasteiger partial charge in [0.25, 0.3) is 11.5 Å². The molecule has 3 aromatic carbocycles. The summed E-state index contributed by atoms with van der Waals surface area (Å²) in [5.74, 6) is 0.555. The van der Waals surface area contributed by atoms with Crippen LogP contribution in [0.5, 0.6) is 5.75 Å². The number of H-pyrrole nitrogens is 1. The van der Waals surface area contributed by atoms with Gasteiger partial charge < -0.3 is 14.6 Å². The van der Waals surface area contributed by atoms with Gasteiger partial charge in [-0.05, 0) is 73.0 Å². The molecule has 0 unspecified atom stereocenters. The van der Waals surface area contributed by atoms with Gasteiger partial charge in [0.05, 0.1) is 13.7 Å². The van der Waals surface area contributed by atoms with Gasteiger partial charge in [-0.2, -0.15) is 0 Å². The Morgan fingerprint density at radius 3 is 2.48 bits per heavy atom. The molecule has 1 heterocycles. The van der Waals surface area contributed by atoms with Crippen molar-refractivity contribution in [2.24, 2.45) is 0 Å². The Bertz CT molecular complexity index is 1350. The van der Waals surface area contributed by atoms with E-state index in [0.29, 0.717) is 34.9 Å². The highest BCUT2D eigenvalue weighted by atomic mass is 35.5. The number of benzene rings is 3. The van der Waals surface area contributed by atoms with E-state index in [1.807, 2.05) is 30.3 Å². The second-order valence-corrected chi connectivity index (χ2v) is 8.42. The van der Waals surface area contributed by atoms with Gasteiger partial charge in [-0.25, -0.2) is 0 Å². The van der Waals surface area contributed by atoms with Crippen LogP contribution in [0, 0.1) is 6.92 Å². The molecule has 0 aliphatic heterocycles. The quantitative estimate of drug-likeness (QED) is 0.402. The Kier molecular flexibility index (Phi) is 6.80. The number of carbonyl (C=O) groups excluding carboxylic acids is 1. The molecule has 0 bridgehead atoms. The van der Waals surface area contributed by atoms with Crippen molar-refractivity contribution in [2.75, 3.05) is 13.7 Å². The Balaban J connectivity index is 1.67. The third kappa shape index (κ3) is 5.26. The van der Waals surface area contributed by atoms with Gasteiger partial charge >= 0.3 is 0 Å². The van der Waals surface area contributed by atoms with Gasteiger partial charge in [0, 0.05) is 33.6 Å². The molecule has 0 aliphatic rings. The lowest BCUT2D eigenvalue weighted by molar-refractivity contribution is 0.0744. The van der Waals surface area contributed by atoms with E-state index in [1.165, 1.54) is 11.1 Å². The molecule has 1 amide bonds. The highest BCUT2D eigenvalue weighted by molar-refractivity contribution is 6.30. The Labute approximate surface area is 197 Å². The van der Waals surface area contributed by atoms with Crippen molar-refractivity contribution in [3.63, 3.8) is 0 Å². The topological polar surface area (TPSA) is 62.4 Å². The van der Waals surface area contributed by atoms with E-state index < -0.39 is 0 Å². The number of hydrogen-bond donors (Lipinski definition) is 1. The third-order valence-electron chi connectivity index (χ3n) is 5.78. The van der Waals surface area contributed by atoms with Gasteiger partial charge in [0.1, 0.15) is 5.75 Å². The van der Waals surface area contributed by atoms with E-state index in [-0.39, 0.29) is 18.0 Å². The molecule has 168 valence electrons. The lowest BCUT2D eigenvalue weighted by atomic mass is 10.0. The summed E-state index contributed by atoms with van der Waals surface area (Å²) in [6.45, 7) is 2.72. The number of amides is 1. The van der Waals surface area contributed by atoms with Crippen LogP contribution in [0.2, 0.25) is 5.02 Å². The number of hydrogen-bond acceptors (Lipinski definition) is 3. The number of aryl methyl sites for hydroxylation is 1. The lowest BCUT2D eigenvalue weighted by Crippen LogP contribution is -2.34. The van der Waals surface area contributed by atoms with Crippen molar-refractivity contribution in [3.05, 3.63) is 110 Å². The zero-order chi connectivity index (χ0) is 23.4. The van der Waals surface area contributed by atoms with Crippen molar-refractivity contribution in [1.82, 2.24) is 9.88 Å². The zero-order valence-corrected chi connectivity index (χ0v) is 19.4. The van der Waals surface area contributed by atoms with E-state index in [4.69, 9.17) is 16.3 Å². The normalized spacial score (nSPS) is 10.9. The van der Waals surface area contributed by atoms with Crippen LogP contribution in [0.15, 0.2) is 77.6 Å². The second-order valence-electron chi connectivity index (χ2n) is 7.99. The van der Waals surface area contributed by atoms with Crippen LogP contribution in [0.25, 0.3) is 10.9 Å². The van der Waals surface area contributed by atoms with Gasteiger partial charge in [-0.1, -0.05) is 35.9 Å². The minimum atomic E-state index is -0.211. The third-order valence-corrected chi connectivity index (χ3v) is 6.03. The molecule has 1 aromatic heterocycles. The molecule has 0 radical (unpaired) electrons. The molecule has 4 aromatic rings. The second kappa shape index (κ2) is 9.92. The molecule has 33 heavy (non-hydrogen) atoms. The van der Waals surface area contributed by atoms with Gasteiger partial charge in [-0.3, -0.25) is 9.59 Å². The number of aromatic amines is 1. The number of ether oxygens (including phenoxy) is 1. The summed E-state index contributed by atoms with van der Waals surface area (Å²) in [5.41, 5.74) is 3.90. The predicted octanol–water partition coefficient (Wildman–Crippen LogP) is 5.38. The predicted molar refractivity (Wildman–Crippen MR) is 132 cm³/mol. The number of carbonyl (C=O) groups is 1. The van der Waals surface area contributed by atoms with Crippen molar-refractivity contribution in [3.8, 4) is 5.75 Å². The van der Waals surface area contributed by atoms with Gasteiger partial charge in [-0.15, -0.1) is 0 Å². The smallest absolute Gasteiger partial charge is 0.254 e. The number of methoxy groups -OCH3 is 1. The summed E-state index contributed by atoms with van der Waals surface area (Å²) in [4.78, 5) is 30.8. The van der Waals surface area contributed by atoms with Crippen molar-refractivity contribution < 1.29 is 9.53 Å². The average molecular weight is 461 g/mol. The molecule has 0 fully saturated rings. The molecule has 0 saturated heterocycles. The summed E-state index contributed by atoms with van der Waals surface area (Å²) >= 11 is 6.00. The van der Waals surface area contributed by atoms with E-state index >= 15 is 0 Å². The lowest BCUT2D eigenvalue weighted by Gasteiger charge is -2.23. The highest BCUT2D eigenvalue weighted by Gasteiger charge is 2.18. The van der Waals surface area contributed by atoms with Crippen LogP contribution in [0.4, 0.5) is 0 Å². The molecule has 0 atom stereocenters. The molecule has 1 N–H and O–H groups in total. The molecule has 5 nitrogen and oxygen atoms in total. The first-order valence-corrected chi connectivity index (χ1v) is 11.1. The van der Waals surface area contributed by atoms with Crippen LogP contribution in [-0.4, -0.2) is 29.4 Å². The van der Waals surface area contributed by atoms with E-state index in [9.17, 15) is 9.59 Å². The standard InChI is InChI=1S/C27H25ClN2O3/c1-18-5-3-4-6-19(18)13-14-30(27(32)20-7-9-23(28)10-8-20)17-22-15-21-16-24(33-2)11-12-25(21)29-26(22)31/h3-12,15-16H,13-14,17H2,1-2H3,(H,29,31). The summed E-state index contributed by atoms with van der Waals surface area (Å²) in [7, 11) is 1.60. The van der Waals surface area contributed by atoms with Crippen LogP contribution in [0.1, 0.15) is 27.0 Å². The van der Waals surface area contributed by atoms with Gasteiger partial charge in [0.15, 0.2) is 0 Å². The Morgan fingerprint density at radius 1 is 1.00 bits per heavy atom. The summed E-state index contributed by atoms with van der Waals surface area (Å²) in [6.07, 6.45) is 0.686. The summed E-state index contributed by atoms with van der Waals surface area (Å²) in [5, 5.41) is 1.42. The first kappa shape index (κ1) is 22.6. The minimum absolute atomic E-state index is 0.148. The van der Waals surface area contributed by atoms with Crippen LogP contribution in [-0.2, 0) is 13.0 Å². The van der Waals surface area contributed by atoms with Crippen LogP contribution < -0.4 is 10.3 Å². The minimum Gasteiger partial charge on any atom is -0.497 e. The SMILES string of the molecule is COc1ccc2[nH]c(=O)c(CN(CCc3ccccc3C)C(=O)c3ccc(Cl)cc3)cc2c1. The Morgan fingerprint density at radius 2 is 1.76 bits per heavy atom. The number of halogens is 1. The molecule has 0 aliphatic carbocycles. The average Bonchev–Trinajstić information content (AvgIpc) is 2.82. The first-order valence-electron chi connectivity index (χ1n) is 10.7. The largest absolute Gasteiger partial charge is 0.497 e. The zero-order valence-electron chi connectivity index (χ0n) is 18.6. The van der Waals surface area contributed by atoms with Crippen molar-refractivity contribution in [2.45, 2.75) is 19.9 Å². The number of aromatic nitrogens is 1. The fourth-order valence-electron chi connectivity index (χ4n) is 3.85. The number of fused-ring (bicyclic) bond motifs is 1. The van der Waals surface area contributed by atoms with E-state index in [1.54, 1.807) is 42.3 Å². The van der Waals surface area contributed by atoms with Crippen LogP contribution >= 0.6 is 11.6 Å². The monoisotopic (exact) mass is 460 g/mol. The summed E-state index contributed by atoms with van der Waals surface area (Å²) < 4.78 is 5.31.